The normalized spacial score (nSPS) is 16.0. The third kappa shape index (κ3) is 4.77. The Kier molecular flexibility index (Phi) is 5.28. The van der Waals surface area contributed by atoms with E-state index < -0.39 is 15.8 Å². The largest absolute Gasteiger partial charge is 0.302 e. The van der Waals surface area contributed by atoms with Crippen LogP contribution in [-0.2, 0) is 15.8 Å². The van der Waals surface area contributed by atoms with E-state index in [2.05, 4.69) is 9.62 Å². The zero-order valence-electron chi connectivity index (χ0n) is 11.7. The molecule has 1 heterocycles. The first-order valence-electron chi connectivity index (χ1n) is 6.88. The zero-order valence-corrected chi connectivity index (χ0v) is 12.5. The molecule has 21 heavy (non-hydrogen) atoms. The van der Waals surface area contributed by atoms with Crippen LogP contribution in [0.5, 0.6) is 0 Å². The molecule has 0 spiro atoms. The summed E-state index contributed by atoms with van der Waals surface area (Å²) in [4.78, 5) is 2.21. The number of nitrogens with zero attached hydrogens (tertiary/aromatic N) is 2. The summed E-state index contributed by atoms with van der Waals surface area (Å²) < 4.78 is 39.5. The maximum atomic E-state index is 13.0. The minimum absolute atomic E-state index is 0.0555. The van der Waals surface area contributed by atoms with Crippen LogP contribution < -0.4 is 4.72 Å². The smallest absolute Gasteiger partial charge is 0.215 e. The molecule has 0 saturated carbocycles. The first-order chi connectivity index (χ1) is 10.00. The van der Waals surface area contributed by atoms with Gasteiger partial charge in [0.05, 0.1) is 17.4 Å². The second-order valence-corrected chi connectivity index (χ2v) is 6.92. The maximum Gasteiger partial charge on any atom is 0.215 e. The van der Waals surface area contributed by atoms with Crippen LogP contribution in [0, 0.1) is 17.1 Å². The summed E-state index contributed by atoms with van der Waals surface area (Å²) in [6.07, 6.45) is 2.32. The Balaban J connectivity index is 1.92. The molecule has 1 saturated heterocycles. The SMILES string of the molecule is N#Cc1cc(F)ccc1CS(=O)(=O)NCCN1CCCC1. The van der Waals surface area contributed by atoms with Crippen LogP contribution in [0.25, 0.3) is 0 Å². The van der Waals surface area contributed by atoms with Crippen molar-refractivity contribution in [2.24, 2.45) is 0 Å². The predicted octanol–water partition coefficient (Wildman–Crippen LogP) is 1.21. The number of benzene rings is 1. The lowest BCUT2D eigenvalue weighted by Gasteiger charge is -2.15. The highest BCUT2D eigenvalue weighted by molar-refractivity contribution is 7.88. The third-order valence-electron chi connectivity index (χ3n) is 3.49. The highest BCUT2D eigenvalue weighted by atomic mass is 32.2. The van der Waals surface area contributed by atoms with Gasteiger partial charge in [-0.25, -0.2) is 17.5 Å². The molecular weight excluding hydrogens is 293 g/mol. The number of nitriles is 1. The lowest BCUT2D eigenvalue weighted by atomic mass is 10.1. The quantitative estimate of drug-likeness (QED) is 0.857. The Morgan fingerprint density at radius 3 is 2.71 bits per heavy atom. The van der Waals surface area contributed by atoms with Crippen molar-refractivity contribution in [3.05, 3.63) is 35.1 Å². The van der Waals surface area contributed by atoms with Crippen LogP contribution in [-0.4, -0.2) is 39.5 Å². The lowest BCUT2D eigenvalue weighted by Crippen LogP contribution is -2.34. The van der Waals surface area contributed by atoms with Crippen molar-refractivity contribution in [3.63, 3.8) is 0 Å². The van der Waals surface area contributed by atoms with E-state index in [0.717, 1.165) is 38.1 Å². The standard InChI is InChI=1S/C14H18FN3O2S/c15-14-4-3-12(13(9-14)10-16)11-21(19,20)17-5-8-18-6-1-2-7-18/h3-4,9,17H,1-2,5-8,11H2. The number of sulfonamides is 1. The molecular formula is C14H18FN3O2S. The number of rotatable bonds is 6. The number of nitrogens with one attached hydrogen (secondary N) is 1. The topological polar surface area (TPSA) is 73.2 Å². The van der Waals surface area contributed by atoms with Crippen LogP contribution in [0.1, 0.15) is 24.0 Å². The van der Waals surface area contributed by atoms with Crippen LogP contribution >= 0.6 is 0 Å². The van der Waals surface area contributed by atoms with Crippen LogP contribution in [0.4, 0.5) is 4.39 Å². The molecule has 0 aliphatic carbocycles. The van der Waals surface area contributed by atoms with Gasteiger partial charge >= 0.3 is 0 Å². The summed E-state index contributed by atoms with van der Waals surface area (Å²) in [5.74, 6) is -0.856. The third-order valence-corrected chi connectivity index (χ3v) is 4.82. The van der Waals surface area contributed by atoms with E-state index >= 15 is 0 Å². The van der Waals surface area contributed by atoms with E-state index in [0.29, 0.717) is 18.7 Å². The Morgan fingerprint density at radius 1 is 1.33 bits per heavy atom. The van der Waals surface area contributed by atoms with E-state index in [4.69, 9.17) is 5.26 Å². The van der Waals surface area contributed by atoms with E-state index in [1.54, 1.807) is 0 Å². The van der Waals surface area contributed by atoms with E-state index in [9.17, 15) is 12.8 Å². The second-order valence-electron chi connectivity index (χ2n) is 5.12. The fourth-order valence-corrected chi connectivity index (χ4v) is 3.57. The Hall–Kier alpha value is -1.49. The second kappa shape index (κ2) is 6.98. The van der Waals surface area contributed by atoms with Crippen LogP contribution in [0.2, 0.25) is 0 Å². The zero-order chi connectivity index (χ0) is 15.3. The fraction of sp³-hybridized carbons (Fsp3) is 0.500. The van der Waals surface area contributed by atoms with Crippen molar-refractivity contribution in [1.82, 2.24) is 9.62 Å². The average Bonchev–Trinajstić information content (AvgIpc) is 2.93. The summed E-state index contributed by atoms with van der Waals surface area (Å²) >= 11 is 0. The minimum Gasteiger partial charge on any atom is -0.302 e. The first kappa shape index (κ1) is 15.9. The van der Waals surface area contributed by atoms with Crippen molar-refractivity contribution in [2.75, 3.05) is 26.2 Å². The Morgan fingerprint density at radius 2 is 2.05 bits per heavy atom. The van der Waals surface area contributed by atoms with Gasteiger partial charge in [0.15, 0.2) is 0 Å². The van der Waals surface area contributed by atoms with Crippen molar-refractivity contribution in [1.29, 1.82) is 5.26 Å². The van der Waals surface area contributed by atoms with Gasteiger partial charge < -0.3 is 4.90 Å². The van der Waals surface area contributed by atoms with Gasteiger partial charge in [0, 0.05) is 13.1 Å². The van der Waals surface area contributed by atoms with Gasteiger partial charge in [0.2, 0.25) is 10.0 Å². The molecule has 1 aromatic rings. The van der Waals surface area contributed by atoms with Crippen LogP contribution in [0.3, 0.4) is 0 Å². The number of hydrogen-bond donors (Lipinski definition) is 1. The maximum absolute atomic E-state index is 13.0. The van der Waals surface area contributed by atoms with E-state index in [-0.39, 0.29) is 11.3 Å². The average molecular weight is 311 g/mol. The molecule has 1 aliphatic rings. The monoisotopic (exact) mass is 311 g/mol. The molecule has 1 fully saturated rings. The van der Waals surface area contributed by atoms with Crippen LogP contribution in [0.15, 0.2) is 18.2 Å². The van der Waals surface area contributed by atoms with Crippen molar-refractivity contribution >= 4 is 10.0 Å². The van der Waals surface area contributed by atoms with E-state index in [1.165, 1.54) is 6.07 Å². The number of likely N-dealkylation sites (tertiary alicyclic amines) is 1. The molecule has 0 unspecified atom stereocenters. The van der Waals surface area contributed by atoms with Gasteiger partial charge in [0.1, 0.15) is 5.82 Å². The Bertz CT molecular complexity index is 634. The number of halogens is 1. The molecule has 5 nitrogen and oxygen atoms in total. The van der Waals surface area contributed by atoms with E-state index in [1.807, 2.05) is 6.07 Å². The molecule has 0 aromatic heterocycles. The molecule has 114 valence electrons. The minimum atomic E-state index is -3.52. The van der Waals surface area contributed by atoms with Crippen molar-refractivity contribution < 1.29 is 12.8 Å². The summed E-state index contributed by atoms with van der Waals surface area (Å²) in [5.41, 5.74) is 0.368. The summed E-state index contributed by atoms with van der Waals surface area (Å²) in [7, 11) is -3.52. The molecule has 0 radical (unpaired) electrons. The molecule has 1 aromatic carbocycles. The summed E-state index contributed by atoms with van der Waals surface area (Å²) in [5, 5.41) is 8.92. The molecule has 2 rings (SSSR count). The molecule has 1 aliphatic heterocycles. The van der Waals surface area contributed by atoms with Gasteiger partial charge in [0.25, 0.3) is 0 Å². The number of hydrogen-bond acceptors (Lipinski definition) is 4. The van der Waals surface area contributed by atoms with Crippen molar-refractivity contribution in [2.45, 2.75) is 18.6 Å². The fourth-order valence-electron chi connectivity index (χ4n) is 2.40. The summed E-state index contributed by atoms with van der Waals surface area (Å²) in [6.45, 7) is 3.07. The van der Waals surface area contributed by atoms with Gasteiger partial charge in [-0.3, -0.25) is 0 Å². The Labute approximate surface area is 124 Å². The molecule has 0 atom stereocenters. The summed E-state index contributed by atoms with van der Waals surface area (Å²) in [6, 6.07) is 5.37. The highest BCUT2D eigenvalue weighted by Gasteiger charge is 2.16. The molecule has 1 N–H and O–H groups in total. The van der Waals surface area contributed by atoms with Crippen molar-refractivity contribution in [3.8, 4) is 6.07 Å². The lowest BCUT2D eigenvalue weighted by molar-refractivity contribution is 0.344. The highest BCUT2D eigenvalue weighted by Crippen LogP contribution is 2.13. The van der Waals surface area contributed by atoms with Gasteiger partial charge in [-0.15, -0.1) is 0 Å². The first-order valence-corrected chi connectivity index (χ1v) is 8.53. The molecule has 7 heteroatoms. The molecule has 0 bridgehead atoms. The van der Waals surface area contributed by atoms with Gasteiger partial charge in [-0.1, -0.05) is 6.07 Å². The van der Waals surface area contributed by atoms with Gasteiger partial charge in [-0.2, -0.15) is 5.26 Å². The van der Waals surface area contributed by atoms with Gasteiger partial charge in [-0.05, 0) is 43.6 Å². The predicted molar refractivity (Wildman–Crippen MR) is 77.4 cm³/mol. The molecule has 0 amide bonds.